The van der Waals surface area contributed by atoms with E-state index in [-0.39, 0.29) is 6.10 Å². The monoisotopic (exact) mass is 222 g/mol. The average molecular weight is 222 g/mol. The summed E-state index contributed by atoms with van der Waals surface area (Å²) in [6.07, 6.45) is 1.58. The Hall–Kier alpha value is -1.06. The molecule has 1 saturated heterocycles. The second kappa shape index (κ2) is 5.32. The molecule has 0 unspecified atom stereocenters. The first-order chi connectivity index (χ1) is 7.77. The molecule has 3 nitrogen and oxygen atoms in total. The van der Waals surface area contributed by atoms with E-state index in [0.717, 1.165) is 37.4 Å². The summed E-state index contributed by atoms with van der Waals surface area (Å²) in [4.78, 5) is 0. The molecule has 0 bridgehead atoms. The van der Waals surface area contributed by atoms with Gasteiger partial charge in [0, 0.05) is 18.4 Å². The number of hydrogen-bond donors (Lipinski definition) is 1. The summed E-state index contributed by atoms with van der Waals surface area (Å²) in [6.45, 7) is 3.29. The molecule has 0 spiro atoms. The van der Waals surface area contributed by atoms with Gasteiger partial charge in [0.15, 0.2) is 0 Å². The number of para-hydroxylation sites is 1. The van der Waals surface area contributed by atoms with Gasteiger partial charge in [-0.3, -0.25) is 0 Å². The maximum absolute atomic E-state index is 9.63. The Labute approximate surface area is 96.0 Å². The van der Waals surface area contributed by atoms with E-state index in [9.17, 15) is 5.11 Å². The number of aliphatic hydroxyl groups is 1. The third-order valence-electron chi connectivity index (χ3n) is 2.83. The van der Waals surface area contributed by atoms with Gasteiger partial charge in [-0.2, -0.15) is 0 Å². The van der Waals surface area contributed by atoms with Gasteiger partial charge in [0.2, 0.25) is 0 Å². The summed E-state index contributed by atoms with van der Waals surface area (Å²) < 4.78 is 11.2. The standard InChI is InChI=1S/C13H18O3/c1-10(14)12-4-2-3-5-13(12)16-11-6-8-15-9-7-11/h2-5,10-11,14H,6-9H2,1H3/t10-/m0/s1. The van der Waals surface area contributed by atoms with Gasteiger partial charge in [0.1, 0.15) is 11.9 Å². The highest BCUT2D eigenvalue weighted by atomic mass is 16.5. The lowest BCUT2D eigenvalue weighted by molar-refractivity contribution is 0.0242. The van der Waals surface area contributed by atoms with Gasteiger partial charge < -0.3 is 14.6 Å². The molecule has 1 heterocycles. The summed E-state index contributed by atoms with van der Waals surface area (Å²) in [5, 5.41) is 9.63. The van der Waals surface area contributed by atoms with Gasteiger partial charge in [-0.25, -0.2) is 0 Å². The van der Waals surface area contributed by atoms with Crippen molar-refractivity contribution in [2.24, 2.45) is 0 Å². The fourth-order valence-electron chi connectivity index (χ4n) is 1.91. The van der Waals surface area contributed by atoms with Crippen molar-refractivity contribution in [2.75, 3.05) is 13.2 Å². The number of aliphatic hydroxyl groups excluding tert-OH is 1. The highest BCUT2D eigenvalue weighted by Gasteiger charge is 2.17. The zero-order valence-electron chi connectivity index (χ0n) is 9.56. The summed E-state index contributed by atoms with van der Waals surface area (Å²) in [7, 11) is 0. The van der Waals surface area contributed by atoms with Crippen molar-refractivity contribution in [1.82, 2.24) is 0 Å². The van der Waals surface area contributed by atoms with Gasteiger partial charge in [-0.05, 0) is 13.0 Å². The van der Waals surface area contributed by atoms with Gasteiger partial charge >= 0.3 is 0 Å². The minimum atomic E-state index is -0.490. The van der Waals surface area contributed by atoms with E-state index in [4.69, 9.17) is 9.47 Å². The molecular formula is C13H18O3. The Morgan fingerprint density at radius 1 is 1.31 bits per heavy atom. The Balaban J connectivity index is 2.07. The normalized spacial score (nSPS) is 19.4. The molecule has 3 heteroatoms. The zero-order chi connectivity index (χ0) is 11.4. The van der Waals surface area contributed by atoms with Crippen LogP contribution < -0.4 is 4.74 Å². The number of hydrogen-bond acceptors (Lipinski definition) is 3. The molecule has 1 N–H and O–H groups in total. The summed E-state index contributed by atoms with van der Waals surface area (Å²) >= 11 is 0. The molecule has 1 aliphatic heterocycles. The van der Waals surface area contributed by atoms with Gasteiger partial charge in [0.25, 0.3) is 0 Å². The Morgan fingerprint density at radius 2 is 2.00 bits per heavy atom. The molecule has 2 rings (SSSR count). The zero-order valence-corrected chi connectivity index (χ0v) is 9.56. The van der Waals surface area contributed by atoms with Crippen LogP contribution in [-0.2, 0) is 4.74 Å². The molecule has 88 valence electrons. The van der Waals surface area contributed by atoms with Crippen LogP contribution >= 0.6 is 0 Å². The van der Waals surface area contributed by atoms with E-state index in [0.29, 0.717) is 0 Å². The number of rotatable bonds is 3. The smallest absolute Gasteiger partial charge is 0.125 e. The third kappa shape index (κ3) is 2.74. The Kier molecular flexibility index (Phi) is 3.80. The van der Waals surface area contributed by atoms with Crippen LogP contribution in [0.1, 0.15) is 31.4 Å². The third-order valence-corrected chi connectivity index (χ3v) is 2.83. The molecule has 0 amide bonds. The molecule has 0 aromatic heterocycles. The quantitative estimate of drug-likeness (QED) is 0.852. The highest BCUT2D eigenvalue weighted by molar-refractivity contribution is 5.34. The van der Waals surface area contributed by atoms with Crippen LogP contribution in [0.4, 0.5) is 0 Å². The lowest BCUT2D eigenvalue weighted by Gasteiger charge is -2.25. The van der Waals surface area contributed by atoms with Crippen LogP contribution in [0, 0.1) is 0 Å². The van der Waals surface area contributed by atoms with Crippen molar-refractivity contribution >= 4 is 0 Å². The largest absolute Gasteiger partial charge is 0.490 e. The predicted octanol–water partition coefficient (Wildman–Crippen LogP) is 2.30. The van der Waals surface area contributed by atoms with Crippen LogP contribution in [0.25, 0.3) is 0 Å². The topological polar surface area (TPSA) is 38.7 Å². The molecule has 0 radical (unpaired) electrons. The van der Waals surface area contributed by atoms with E-state index in [2.05, 4.69) is 0 Å². The minimum Gasteiger partial charge on any atom is -0.490 e. The van der Waals surface area contributed by atoms with Gasteiger partial charge in [0.05, 0.1) is 19.3 Å². The molecule has 16 heavy (non-hydrogen) atoms. The van der Waals surface area contributed by atoms with Crippen LogP contribution in [0.3, 0.4) is 0 Å². The second-order valence-corrected chi connectivity index (χ2v) is 4.14. The highest BCUT2D eigenvalue weighted by Crippen LogP contribution is 2.27. The SMILES string of the molecule is C[C@H](O)c1ccccc1OC1CCOCC1. The molecule has 1 aromatic rings. The molecule has 1 aliphatic rings. The predicted molar refractivity (Wildman–Crippen MR) is 61.5 cm³/mol. The van der Waals surface area contributed by atoms with Crippen LogP contribution in [0.2, 0.25) is 0 Å². The fraction of sp³-hybridized carbons (Fsp3) is 0.538. The van der Waals surface area contributed by atoms with Crippen LogP contribution in [-0.4, -0.2) is 24.4 Å². The molecule has 1 fully saturated rings. The maximum atomic E-state index is 9.63. The molecule has 0 saturated carbocycles. The molecule has 1 aromatic carbocycles. The van der Waals surface area contributed by atoms with E-state index in [1.165, 1.54) is 0 Å². The van der Waals surface area contributed by atoms with E-state index >= 15 is 0 Å². The number of ether oxygens (including phenoxy) is 2. The Morgan fingerprint density at radius 3 is 2.69 bits per heavy atom. The van der Waals surface area contributed by atoms with Crippen molar-refractivity contribution < 1.29 is 14.6 Å². The summed E-state index contributed by atoms with van der Waals surface area (Å²) in [5.41, 5.74) is 0.856. The average Bonchev–Trinajstić information content (AvgIpc) is 2.31. The van der Waals surface area contributed by atoms with Gasteiger partial charge in [-0.15, -0.1) is 0 Å². The first-order valence-corrected chi connectivity index (χ1v) is 5.79. The molecule has 0 aliphatic carbocycles. The fourth-order valence-corrected chi connectivity index (χ4v) is 1.91. The van der Waals surface area contributed by atoms with Crippen molar-refractivity contribution in [3.8, 4) is 5.75 Å². The lowest BCUT2D eigenvalue weighted by atomic mass is 10.1. The van der Waals surface area contributed by atoms with Gasteiger partial charge in [-0.1, -0.05) is 18.2 Å². The lowest BCUT2D eigenvalue weighted by Crippen LogP contribution is -2.26. The van der Waals surface area contributed by atoms with Crippen molar-refractivity contribution in [1.29, 1.82) is 0 Å². The van der Waals surface area contributed by atoms with Crippen LogP contribution in [0.15, 0.2) is 24.3 Å². The summed E-state index contributed by atoms with van der Waals surface area (Å²) in [5.74, 6) is 0.796. The molecule has 1 atom stereocenters. The minimum absolute atomic E-state index is 0.216. The second-order valence-electron chi connectivity index (χ2n) is 4.14. The maximum Gasteiger partial charge on any atom is 0.125 e. The first-order valence-electron chi connectivity index (χ1n) is 5.79. The molecular weight excluding hydrogens is 204 g/mol. The summed E-state index contributed by atoms with van der Waals surface area (Å²) in [6, 6.07) is 7.66. The van der Waals surface area contributed by atoms with Crippen molar-refractivity contribution in [3.63, 3.8) is 0 Å². The first kappa shape index (κ1) is 11.4. The van der Waals surface area contributed by atoms with Crippen LogP contribution in [0.5, 0.6) is 5.75 Å². The van der Waals surface area contributed by atoms with E-state index in [1.807, 2.05) is 24.3 Å². The van der Waals surface area contributed by atoms with E-state index in [1.54, 1.807) is 6.92 Å². The van der Waals surface area contributed by atoms with E-state index < -0.39 is 6.10 Å². The number of benzene rings is 1. The Bertz CT molecular complexity index is 330. The van der Waals surface area contributed by atoms with Crippen molar-refractivity contribution in [3.05, 3.63) is 29.8 Å². The van der Waals surface area contributed by atoms with Crippen molar-refractivity contribution in [2.45, 2.75) is 32.0 Å².